The average Bonchev–Trinajstić information content (AvgIpc) is 3.22. The Labute approximate surface area is 150 Å². The van der Waals surface area contributed by atoms with Gasteiger partial charge in [-0.2, -0.15) is 0 Å². The fourth-order valence-electron chi connectivity index (χ4n) is 2.93. The molecule has 0 amide bonds. The van der Waals surface area contributed by atoms with Gasteiger partial charge in [0.25, 0.3) is 0 Å². The number of nitrogens with zero attached hydrogens (tertiary/aromatic N) is 2. The monoisotopic (exact) mass is 347 g/mol. The van der Waals surface area contributed by atoms with Crippen molar-refractivity contribution in [1.82, 2.24) is 9.88 Å². The van der Waals surface area contributed by atoms with E-state index < -0.39 is 0 Å². The van der Waals surface area contributed by atoms with Gasteiger partial charge in [-0.3, -0.25) is 5.41 Å². The Hall–Kier alpha value is -2.92. The zero-order chi connectivity index (χ0) is 17.2. The molecule has 2 aromatic carbocycles. The molecule has 4 rings (SSSR count). The van der Waals surface area contributed by atoms with Crippen LogP contribution in [-0.2, 0) is 6.54 Å². The van der Waals surface area contributed by atoms with Crippen LogP contribution in [0.25, 0.3) is 16.8 Å². The number of amidine groups is 1. The smallest absolute Gasteiger partial charge is 0.135 e. The van der Waals surface area contributed by atoms with Crippen LogP contribution in [0.1, 0.15) is 10.6 Å². The lowest BCUT2D eigenvalue weighted by Crippen LogP contribution is -2.25. The van der Waals surface area contributed by atoms with E-state index in [2.05, 4.69) is 4.98 Å². The summed E-state index contributed by atoms with van der Waals surface area (Å²) in [6.45, 7) is 0.952. The minimum absolute atomic E-state index is 0.217. The predicted octanol–water partition coefficient (Wildman–Crippen LogP) is 4.57. The van der Waals surface area contributed by atoms with Crippen LogP contribution in [0.15, 0.2) is 71.8 Å². The number of benzene rings is 2. The van der Waals surface area contributed by atoms with Gasteiger partial charge >= 0.3 is 0 Å². The number of nitrogens with one attached hydrogen (secondary N) is 1. The summed E-state index contributed by atoms with van der Waals surface area (Å²) in [4.78, 5) is 6.50. The molecule has 0 bridgehead atoms. The molecule has 0 saturated carbocycles. The van der Waals surface area contributed by atoms with Crippen molar-refractivity contribution in [1.29, 1.82) is 5.41 Å². The van der Waals surface area contributed by atoms with Crippen LogP contribution in [0.2, 0.25) is 0 Å². The summed E-state index contributed by atoms with van der Waals surface area (Å²) < 4.78 is 0. The van der Waals surface area contributed by atoms with Gasteiger partial charge in [-0.1, -0.05) is 60.7 Å². The molecule has 0 aliphatic carbocycles. The Kier molecular flexibility index (Phi) is 4.07. The summed E-state index contributed by atoms with van der Waals surface area (Å²) >= 11 is 1.46. The molecule has 0 radical (unpaired) electrons. The van der Waals surface area contributed by atoms with Crippen molar-refractivity contribution in [3.05, 3.63) is 82.4 Å². The van der Waals surface area contributed by atoms with E-state index in [1.54, 1.807) is 0 Å². The highest BCUT2D eigenvalue weighted by molar-refractivity contribution is 7.11. The fraction of sp³-hybridized carbons (Fsp3) is 0.100. The SMILES string of the molecule is N=C1C(c2nc(-c3ccccc3)cs2)=C(O)CN1Cc1ccccc1. The molecule has 0 fully saturated rings. The van der Waals surface area contributed by atoms with E-state index in [-0.39, 0.29) is 5.76 Å². The predicted molar refractivity (Wildman–Crippen MR) is 102 cm³/mol. The molecule has 4 nitrogen and oxygen atoms in total. The molecule has 1 aliphatic rings. The molecule has 0 atom stereocenters. The van der Waals surface area contributed by atoms with E-state index in [0.29, 0.717) is 29.5 Å². The van der Waals surface area contributed by atoms with Crippen molar-refractivity contribution in [2.75, 3.05) is 6.54 Å². The number of hydrogen-bond donors (Lipinski definition) is 2. The normalized spacial score (nSPS) is 14.4. The third-order valence-electron chi connectivity index (χ3n) is 4.19. The molecule has 0 spiro atoms. The van der Waals surface area contributed by atoms with Gasteiger partial charge < -0.3 is 10.0 Å². The number of thiazole rings is 1. The first-order chi connectivity index (χ1) is 12.2. The van der Waals surface area contributed by atoms with Crippen LogP contribution in [0.5, 0.6) is 0 Å². The van der Waals surface area contributed by atoms with Crippen LogP contribution in [0.4, 0.5) is 0 Å². The van der Waals surface area contributed by atoms with Crippen LogP contribution in [0.3, 0.4) is 0 Å². The summed E-state index contributed by atoms with van der Waals surface area (Å²) in [5.41, 5.74) is 3.57. The Morgan fingerprint density at radius 1 is 1.04 bits per heavy atom. The molecule has 5 heteroatoms. The van der Waals surface area contributed by atoms with Gasteiger partial charge in [-0.15, -0.1) is 11.3 Å². The Morgan fingerprint density at radius 2 is 1.72 bits per heavy atom. The van der Waals surface area contributed by atoms with Gasteiger partial charge in [0, 0.05) is 17.5 Å². The number of hydrogen-bond acceptors (Lipinski definition) is 4. The second kappa shape index (κ2) is 6.53. The van der Waals surface area contributed by atoms with Crippen LogP contribution < -0.4 is 0 Å². The van der Waals surface area contributed by atoms with E-state index in [9.17, 15) is 5.11 Å². The zero-order valence-corrected chi connectivity index (χ0v) is 14.3. The van der Waals surface area contributed by atoms with E-state index in [4.69, 9.17) is 5.41 Å². The minimum Gasteiger partial charge on any atom is -0.510 e. The Morgan fingerprint density at radius 3 is 2.44 bits per heavy atom. The zero-order valence-electron chi connectivity index (χ0n) is 13.5. The van der Waals surface area contributed by atoms with Crippen LogP contribution in [-0.4, -0.2) is 27.4 Å². The van der Waals surface area contributed by atoms with Crippen molar-refractivity contribution < 1.29 is 5.11 Å². The average molecular weight is 347 g/mol. The van der Waals surface area contributed by atoms with Gasteiger partial charge in [0.05, 0.1) is 17.8 Å². The number of aromatic nitrogens is 1. The van der Waals surface area contributed by atoms with Crippen LogP contribution in [0, 0.1) is 5.41 Å². The molecule has 0 saturated heterocycles. The topological polar surface area (TPSA) is 60.2 Å². The Balaban J connectivity index is 1.57. The second-order valence-corrected chi connectivity index (χ2v) is 6.77. The minimum atomic E-state index is 0.217. The van der Waals surface area contributed by atoms with Gasteiger partial charge in [0.2, 0.25) is 0 Å². The molecule has 25 heavy (non-hydrogen) atoms. The number of aliphatic hydroxyl groups is 1. The molecule has 2 N–H and O–H groups in total. The van der Waals surface area contributed by atoms with Gasteiger partial charge in [0.1, 0.15) is 16.6 Å². The summed E-state index contributed by atoms with van der Waals surface area (Å²) in [6.07, 6.45) is 0. The fourth-order valence-corrected chi connectivity index (χ4v) is 3.82. The molecular weight excluding hydrogens is 330 g/mol. The maximum atomic E-state index is 10.4. The quantitative estimate of drug-likeness (QED) is 0.727. The number of aliphatic hydroxyl groups excluding tert-OH is 1. The van der Waals surface area contributed by atoms with E-state index in [0.717, 1.165) is 16.8 Å². The van der Waals surface area contributed by atoms with Crippen LogP contribution >= 0.6 is 11.3 Å². The lowest BCUT2D eigenvalue weighted by molar-refractivity contribution is 0.347. The first-order valence-corrected chi connectivity index (χ1v) is 8.91. The third kappa shape index (κ3) is 3.06. The van der Waals surface area contributed by atoms with Gasteiger partial charge in [-0.25, -0.2) is 4.98 Å². The van der Waals surface area contributed by atoms with Gasteiger partial charge in [0.15, 0.2) is 0 Å². The Bertz CT molecular complexity index is 932. The standard InChI is InChI=1S/C20H17N3OS/c21-19-18(17(24)12-23(19)11-14-7-3-1-4-8-14)20-22-16(13-25-20)15-9-5-2-6-10-15/h1-10,13,21,24H,11-12H2. The van der Waals surface area contributed by atoms with Crippen molar-refractivity contribution >= 4 is 22.7 Å². The lowest BCUT2D eigenvalue weighted by Gasteiger charge is -2.18. The highest BCUT2D eigenvalue weighted by Gasteiger charge is 2.30. The van der Waals surface area contributed by atoms with Crippen molar-refractivity contribution in [2.45, 2.75) is 6.54 Å². The van der Waals surface area contributed by atoms with E-state index in [1.165, 1.54) is 11.3 Å². The molecule has 1 aromatic heterocycles. The summed E-state index contributed by atoms with van der Waals surface area (Å²) in [6, 6.07) is 19.9. The highest BCUT2D eigenvalue weighted by atomic mass is 32.1. The number of rotatable bonds is 4. The third-order valence-corrected chi connectivity index (χ3v) is 5.05. The summed E-state index contributed by atoms with van der Waals surface area (Å²) in [5.74, 6) is 0.546. The van der Waals surface area contributed by atoms with Crippen molar-refractivity contribution in [3.8, 4) is 11.3 Å². The molecule has 124 valence electrons. The molecular formula is C20H17N3OS. The molecule has 0 unspecified atom stereocenters. The lowest BCUT2D eigenvalue weighted by atomic mass is 10.2. The second-order valence-electron chi connectivity index (χ2n) is 5.92. The highest BCUT2D eigenvalue weighted by Crippen LogP contribution is 2.32. The molecule has 1 aliphatic heterocycles. The molecule has 2 heterocycles. The first kappa shape index (κ1) is 15.6. The maximum Gasteiger partial charge on any atom is 0.135 e. The maximum absolute atomic E-state index is 10.4. The summed E-state index contributed by atoms with van der Waals surface area (Å²) in [5, 5.41) is 21.5. The van der Waals surface area contributed by atoms with Crippen molar-refractivity contribution in [3.63, 3.8) is 0 Å². The first-order valence-electron chi connectivity index (χ1n) is 8.03. The molecule has 3 aromatic rings. The van der Waals surface area contributed by atoms with E-state index in [1.807, 2.05) is 70.9 Å². The van der Waals surface area contributed by atoms with Gasteiger partial charge in [-0.05, 0) is 5.56 Å². The largest absolute Gasteiger partial charge is 0.510 e. The van der Waals surface area contributed by atoms with Crippen molar-refractivity contribution in [2.24, 2.45) is 0 Å². The van der Waals surface area contributed by atoms with E-state index >= 15 is 0 Å². The summed E-state index contributed by atoms with van der Waals surface area (Å²) in [7, 11) is 0.